The van der Waals surface area contributed by atoms with Gasteiger partial charge in [-0.05, 0) is 35.9 Å². The second-order valence-electron chi connectivity index (χ2n) is 7.20. The first kappa shape index (κ1) is 20.9. The molecule has 4 aromatic rings. The normalized spacial score (nSPS) is 11.0. The topological polar surface area (TPSA) is 92.7 Å². The highest BCUT2D eigenvalue weighted by atomic mass is 32.2. The van der Waals surface area contributed by atoms with Crippen molar-refractivity contribution >= 4 is 34.3 Å². The number of hydrogen-bond donors (Lipinski definition) is 2. The van der Waals surface area contributed by atoms with Crippen LogP contribution in [-0.4, -0.2) is 31.9 Å². The van der Waals surface area contributed by atoms with Gasteiger partial charge in [-0.15, -0.1) is 0 Å². The number of fused-ring (bicyclic) bond motifs is 1. The van der Waals surface area contributed by atoms with E-state index in [9.17, 15) is 9.59 Å². The van der Waals surface area contributed by atoms with Crippen LogP contribution in [0.2, 0.25) is 0 Å². The van der Waals surface area contributed by atoms with Crippen LogP contribution < -0.4 is 10.9 Å². The van der Waals surface area contributed by atoms with E-state index in [0.29, 0.717) is 35.2 Å². The Balaban J connectivity index is 1.45. The van der Waals surface area contributed by atoms with Crippen LogP contribution >= 0.6 is 11.8 Å². The molecule has 31 heavy (non-hydrogen) atoms. The number of thioether (sulfide) groups is 1. The lowest BCUT2D eigenvalue weighted by Gasteiger charge is -2.11. The number of aromatic nitrogens is 4. The number of carbonyl (C=O) groups is 1. The van der Waals surface area contributed by atoms with Crippen molar-refractivity contribution in [2.75, 3.05) is 11.6 Å². The van der Waals surface area contributed by atoms with Crippen molar-refractivity contribution in [3.8, 4) is 0 Å². The molecule has 0 spiro atoms. The number of anilines is 1. The summed E-state index contributed by atoms with van der Waals surface area (Å²) in [6.45, 7) is 2.34. The van der Waals surface area contributed by atoms with Gasteiger partial charge in [-0.3, -0.25) is 9.59 Å². The number of aryl methyl sites for hydroxylation is 1. The Hall–Kier alpha value is -3.39. The lowest BCUT2D eigenvalue weighted by Crippen LogP contribution is -2.21. The second-order valence-corrected chi connectivity index (χ2v) is 7.99. The van der Waals surface area contributed by atoms with E-state index in [0.717, 1.165) is 10.9 Å². The van der Waals surface area contributed by atoms with E-state index in [-0.39, 0.29) is 17.9 Å². The molecule has 7 nitrogen and oxygen atoms in total. The maximum atomic E-state index is 12.6. The first-order valence-corrected chi connectivity index (χ1v) is 11.2. The SMILES string of the molecule is CSc1nc(C)c(CCC(=O)Nc2ccnn2Cc2cccc3ccccc23)c(=O)[nH]1. The molecule has 0 radical (unpaired) electrons. The lowest BCUT2D eigenvalue weighted by atomic mass is 10.0. The van der Waals surface area contributed by atoms with E-state index in [2.05, 4.69) is 44.6 Å². The van der Waals surface area contributed by atoms with Crippen molar-refractivity contribution in [3.05, 3.63) is 81.9 Å². The van der Waals surface area contributed by atoms with Crippen LogP contribution in [0.25, 0.3) is 10.8 Å². The van der Waals surface area contributed by atoms with Gasteiger partial charge in [-0.1, -0.05) is 54.2 Å². The van der Waals surface area contributed by atoms with Crippen molar-refractivity contribution in [2.24, 2.45) is 0 Å². The summed E-state index contributed by atoms with van der Waals surface area (Å²) in [5.74, 6) is 0.451. The van der Waals surface area contributed by atoms with Gasteiger partial charge in [0.05, 0.1) is 12.7 Å². The Bertz CT molecular complexity index is 1290. The van der Waals surface area contributed by atoms with Gasteiger partial charge in [0.1, 0.15) is 5.82 Å². The number of H-pyrrole nitrogens is 1. The quantitative estimate of drug-likeness (QED) is 0.342. The van der Waals surface area contributed by atoms with Crippen molar-refractivity contribution in [1.29, 1.82) is 0 Å². The Morgan fingerprint density at radius 1 is 1.16 bits per heavy atom. The maximum absolute atomic E-state index is 12.6. The third-order valence-corrected chi connectivity index (χ3v) is 5.76. The van der Waals surface area contributed by atoms with Gasteiger partial charge in [-0.2, -0.15) is 5.10 Å². The summed E-state index contributed by atoms with van der Waals surface area (Å²) in [6.07, 6.45) is 4.03. The van der Waals surface area contributed by atoms with E-state index in [4.69, 9.17) is 0 Å². The van der Waals surface area contributed by atoms with Crippen molar-refractivity contribution < 1.29 is 4.79 Å². The van der Waals surface area contributed by atoms with Crippen molar-refractivity contribution in [1.82, 2.24) is 19.7 Å². The van der Waals surface area contributed by atoms with Crippen LogP contribution in [0.15, 0.2) is 64.7 Å². The zero-order chi connectivity index (χ0) is 21.8. The second kappa shape index (κ2) is 9.18. The highest BCUT2D eigenvalue weighted by Gasteiger charge is 2.13. The first-order valence-electron chi connectivity index (χ1n) is 9.97. The zero-order valence-corrected chi connectivity index (χ0v) is 18.2. The van der Waals surface area contributed by atoms with E-state index in [1.807, 2.05) is 24.5 Å². The van der Waals surface area contributed by atoms with Crippen molar-refractivity contribution in [3.63, 3.8) is 0 Å². The number of hydrogen-bond acceptors (Lipinski definition) is 5. The zero-order valence-electron chi connectivity index (χ0n) is 17.4. The molecule has 0 atom stereocenters. The summed E-state index contributed by atoms with van der Waals surface area (Å²) in [5.41, 5.74) is 2.13. The third-order valence-electron chi connectivity index (χ3n) is 5.18. The molecule has 0 fully saturated rings. The van der Waals surface area contributed by atoms with E-state index >= 15 is 0 Å². The average Bonchev–Trinajstić information content (AvgIpc) is 3.19. The number of nitrogens with zero attached hydrogens (tertiary/aromatic N) is 3. The average molecular weight is 434 g/mol. The molecule has 1 amide bonds. The number of carbonyl (C=O) groups excluding carboxylic acids is 1. The Morgan fingerprint density at radius 2 is 1.97 bits per heavy atom. The highest BCUT2D eigenvalue weighted by Crippen LogP contribution is 2.21. The van der Waals surface area contributed by atoms with E-state index in [1.54, 1.807) is 23.9 Å². The fourth-order valence-corrected chi connectivity index (χ4v) is 4.00. The van der Waals surface area contributed by atoms with Crippen LogP contribution in [-0.2, 0) is 17.8 Å². The standard InChI is InChI=1S/C23H23N5O2S/c1-15-18(22(30)27-23(25-15)31-2)10-11-21(29)26-20-12-13-24-28(20)14-17-8-5-7-16-6-3-4-9-19(16)17/h3-9,12-13H,10-11,14H2,1-2H3,(H,26,29)(H,25,27,30). The molecule has 4 rings (SSSR count). The van der Waals surface area contributed by atoms with Gasteiger partial charge in [0.2, 0.25) is 5.91 Å². The first-order chi connectivity index (χ1) is 15.0. The Labute approximate surface area is 183 Å². The van der Waals surface area contributed by atoms with Gasteiger partial charge >= 0.3 is 0 Å². The smallest absolute Gasteiger partial charge is 0.254 e. The summed E-state index contributed by atoms with van der Waals surface area (Å²) in [4.78, 5) is 31.9. The minimum atomic E-state index is -0.189. The minimum Gasteiger partial charge on any atom is -0.311 e. The molecule has 2 aromatic carbocycles. The van der Waals surface area contributed by atoms with Crippen LogP contribution in [0.3, 0.4) is 0 Å². The van der Waals surface area contributed by atoms with Gasteiger partial charge in [0, 0.05) is 23.7 Å². The molecular weight excluding hydrogens is 410 g/mol. The fourth-order valence-electron chi connectivity index (χ4n) is 3.58. The summed E-state index contributed by atoms with van der Waals surface area (Å²) >= 11 is 1.38. The van der Waals surface area contributed by atoms with Gasteiger partial charge < -0.3 is 10.3 Å². The third kappa shape index (κ3) is 4.69. The molecule has 0 aliphatic carbocycles. The monoisotopic (exact) mass is 433 g/mol. The predicted octanol–water partition coefficient (Wildman–Crippen LogP) is 3.77. The molecule has 0 aliphatic heterocycles. The number of amides is 1. The molecule has 8 heteroatoms. The molecule has 0 aliphatic rings. The predicted molar refractivity (Wildman–Crippen MR) is 124 cm³/mol. The van der Waals surface area contributed by atoms with Crippen LogP contribution in [0.4, 0.5) is 5.82 Å². The Morgan fingerprint density at radius 3 is 2.77 bits per heavy atom. The fraction of sp³-hybridized carbons (Fsp3) is 0.217. The van der Waals surface area contributed by atoms with E-state index < -0.39 is 0 Å². The maximum Gasteiger partial charge on any atom is 0.254 e. The number of aromatic amines is 1. The van der Waals surface area contributed by atoms with Crippen LogP contribution in [0, 0.1) is 6.92 Å². The molecule has 0 saturated heterocycles. The number of nitrogens with one attached hydrogen (secondary N) is 2. The minimum absolute atomic E-state index is 0.174. The molecule has 0 bridgehead atoms. The molecule has 0 unspecified atom stereocenters. The lowest BCUT2D eigenvalue weighted by molar-refractivity contribution is -0.116. The molecular formula is C23H23N5O2S. The summed E-state index contributed by atoms with van der Waals surface area (Å²) in [6, 6.07) is 16.1. The highest BCUT2D eigenvalue weighted by molar-refractivity contribution is 7.98. The van der Waals surface area contributed by atoms with Crippen LogP contribution in [0.1, 0.15) is 23.2 Å². The summed E-state index contributed by atoms with van der Waals surface area (Å²) in [5, 5.41) is 10.2. The number of benzene rings is 2. The number of rotatable bonds is 7. The largest absolute Gasteiger partial charge is 0.311 e. The molecule has 158 valence electrons. The summed E-state index contributed by atoms with van der Waals surface area (Å²) < 4.78 is 1.77. The molecule has 2 heterocycles. The molecule has 0 saturated carbocycles. The van der Waals surface area contributed by atoms with Crippen molar-refractivity contribution in [2.45, 2.75) is 31.5 Å². The Kier molecular flexibility index (Phi) is 6.18. The molecule has 2 aromatic heterocycles. The molecule has 2 N–H and O–H groups in total. The van der Waals surface area contributed by atoms with Gasteiger partial charge in [0.15, 0.2) is 5.16 Å². The van der Waals surface area contributed by atoms with Crippen LogP contribution in [0.5, 0.6) is 0 Å². The van der Waals surface area contributed by atoms with Gasteiger partial charge in [0.25, 0.3) is 5.56 Å². The van der Waals surface area contributed by atoms with E-state index in [1.165, 1.54) is 17.1 Å². The summed E-state index contributed by atoms with van der Waals surface area (Å²) in [7, 11) is 0. The van der Waals surface area contributed by atoms with Gasteiger partial charge in [-0.25, -0.2) is 9.67 Å².